The summed E-state index contributed by atoms with van der Waals surface area (Å²) in [5, 5.41) is 3.81. The van der Waals surface area contributed by atoms with Crippen molar-refractivity contribution in [2.24, 2.45) is 0 Å². The fourth-order valence-corrected chi connectivity index (χ4v) is 4.63. The van der Waals surface area contributed by atoms with Gasteiger partial charge in [0.25, 0.3) is 5.91 Å². The molecule has 4 aromatic rings. The molecule has 1 N–H and O–H groups in total. The van der Waals surface area contributed by atoms with Crippen LogP contribution in [0, 0.1) is 0 Å². The Bertz CT molecular complexity index is 1550. The largest absolute Gasteiger partial charge is 0.492 e. The summed E-state index contributed by atoms with van der Waals surface area (Å²) in [6, 6.07) is 29.8. The number of para-hydroxylation sites is 1. The Morgan fingerprint density at radius 2 is 1.56 bits per heavy atom. The van der Waals surface area contributed by atoms with Crippen LogP contribution in [-0.2, 0) is 20.7 Å². The summed E-state index contributed by atoms with van der Waals surface area (Å²) in [4.78, 5) is 40.2. The van der Waals surface area contributed by atoms with E-state index < -0.39 is 12.0 Å². The van der Waals surface area contributed by atoms with Gasteiger partial charge in [0.15, 0.2) is 5.78 Å². The first-order valence-corrected chi connectivity index (χ1v) is 14.2. The Hall–Kier alpha value is -4.88. The number of ether oxygens (including phenoxy) is 2. The SMILES string of the molecule is CC=CC(=O)N(CCOc1ccc(C[C@H](Nc2ccccc2C(=O)c2ccccc2)C(=O)OC)cc1)c1ccc(Cl)cc1. The lowest BCUT2D eigenvalue weighted by Crippen LogP contribution is -2.33. The average molecular weight is 597 g/mol. The molecule has 1 amide bonds. The van der Waals surface area contributed by atoms with Gasteiger partial charge in [-0.05, 0) is 67.1 Å². The van der Waals surface area contributed by atoms with E-state index in [9.17, 15) is 14.4 Å². The predicted octanol–water partition coefficient (Wildman–Crippen LogP) is 6.76. The number of esters is 1. The van der Waals surface area contributed by atoms with Crippen LogP contribution in [0.2, 0.25) is 5.02 Å². The van der Waals surface area contributed by atoms with Crippen LogP contribution in [-0.4, -0.2) is 44.0 Å². The summed E-state index contributed by atoms with van der Waals surface area (Å²) in [6.45, 7) is 2.39. The zero-order valence-electron chi connectivity index (χ0n) is 24.0. The molecule has 4 aromatic carbocycles. The van der Waals surface area contributed by atoms with E-state index in [4.69, 9.17) is 21.1 Å². The Morgan fingerprint density at radius 3 is 2.23 bits per heavy atom. The monoisotopic (exact) mass is 596 g/mol. The van der Waals surface area contributed by atoms with Gasteiger partial charge in [0, 0.05) is 33.9 Å². The van der Waals surface area contributed by atoms with Gasteiger partial charge in [-0.1, -0.05) is 72.3 Å². The van der Waals surface area contributed by atoms with E-state index in [1.54, 1.807) is 72.5 Å². The molecule has 0 radical (unpaired) electrons. The van der Waals surface area contributed by atoms with E-state index in [0.29, 0.717) is 40.6 Å². The number of benzene rings is 4. The van der Waals surface area contributed by atoms with Gasteiger partial charge in [0.1, 0.15) is 18.4 Å². The van der Waals surface area contributed by atoms with E-state index in [1.165, 1.54) is 13.2 Å². The number of allylic oxidation sites excluding steroid dienone is 1. The second kappa shape index (κ2) is 15.4. The number of nitrogens with zero attached hydrogens (tertiary/aromatic N) is 1. The van der Waals surface area contributed by atoms with Gasteiger partial charge in [0.05, 0.1) is 13.7 Å². The quantitative estimate of drug-likeness (QED) is 0.104. The first-order valence-electron chi connectivity index (χ1n) is 13.8. The molecule has 0 aromatic heterocycles. The van der Waals surface area contributed by atoms with Gasteiger partial charge in [-0.2, -0.15) is 0 Å². The Labute approximate surface area is 256 Å². The van der Waals surface area contributed by atoms with Crippen molar-refractivity contribution in [3.05, 3.63) is 137 Å². The van der Waals surface area contributed by atoms with Gasteiger partial charge in [0.2, 0.25) is 0 Å². The van der Waals surface area contributed by atoms with E-state index in [2.05, 4.69) is 5.32 Å². The summed E-state index contributed by atoms with van der Waals surface area (Å²) in [5.74, 6) is -0.122. The Morgan fingerprint density at radius 1 is 0.884 bits per heavy atom. The van der Waals surface area contributed by atoms with E-state index >= 15 is 0 Å². The Balaban J connectivity index is 1.41. The van der Waals surface area contributed by atoms with Crippen molar-refractivity contribution in [3.8, 4) is 5.75 Å². The van der Waals surface area contributed by atoms with Crippen LogP contribution in [0.5, 0.6) is 5.75 Å². The van der Waals surface area contributed by atoms with Gasteiger partial charge in [-0.3, -0.25) is 9.59 Å². The Kier molecular flexibility index (Phi) is 11.1. The third-order valence-corrected chi connectivity index (χ3v) is 6.94. The molecule has 220 valence electrons. The number of carbonyl (C=O) groups excluding carboxylic acids is 3. The van der Waals surface area contributed by atoms with Crippen molar-refractivity contribution in [1.29, 1.82) is 0 Å². The predicted molar refractivity (Wildman–Crippen MR) is 170 cm³/mol. The van der Waals surface area contributed by atoms with Crippen molar-refractivity contribution in [2.75, 3.05) is 30.5 Å². The molecule has 1 atom stereocenters. The first kappa shape index (κ1) is 31.1. The summed E-state index contributed by atoms with van der Waals surface area (Å²) in [7, 11) is 1.34. The molecule has 0 aliphatic carbocycles. The summed E-state index contributed by atoms with van der Waals surface area (Å²) in [5.41, 5.74) is 3.16. The van der Waals surface area contributed by atoms with E-state index in [1.807, 2.05) is 48.5 Å². The molecule has 0 heterocycles. The van der Waals surface area contributed by atoms with E-state index in [-0.39, 0.29) is 18.3 Å². The maximum Gasteiger partial charge on any atom is 0.328 e. The minimum Gasteiger partial charge on any atom is -0.492 e. The van der Waals surface area contributed by atoms with Crippen LogP contribution in [0.1, 0.15) is 28.4 Å². The molecule has 0 fully saturated rings. The van der Waals surface area contributed by atoms with Crippen molar-refractivity contribution in [1.82, 2.24) is 0 Å². The second-order valence-corrected chi connectivity index (χ2v) is 10.1. The van der Waals surface area contributed by atoms with Crippen molar-refractivity contribution < 1.29 is 23.9 Å². The van der Waals surface area contributed by atoms with Crippen LogP contribution in [0.15, 0.2) is 115 Å². The van der Waals surface area contributed by atoms with Gasteiger partial charge >= 0.3 is 5.97 Å². The number of methoxy groups -OCH3 is 1. The normalized spacial score (nSPS) is 11.5. The molecule has 0 bridgehead atoms. The third kappa shape index (κ3) is 8.56. The number of ketones is 1. The fraction of sp³-hybridized carbons (Fsp3) is 0.171. The van der Waals surface area contributed by atoms with Gasteiger partial charge in [-0.25, -0.2) is 4.79 Å². The molecule has 0 unspecified atom stereocenters. The second-order valence-electron chi connectivity index (χ2n) is 9.62. The molecule has 0 saturated heterocycles. The summed E-state index contributed by atoms with van der Waals surface area (Å²) in [6.07, 6.45) is 3.52. The van der Waals surface area contributed by atoms with E-state index in [0.717, 1.165) is 11.3 Å². The van der Waals surface area contributed by atoms with Crippen LogP contribution in [0.3, 0.4) is 0 Å². The highest BCUT2D eigenvalue weighted by atomic mass is 35.5. The van der Waals surface area contributed by atoms with Crippen LogP contribution in [0.25, 0.3) is 0 Å². The number of carbonyl (C=O) groups is 3. The average Bonchev–Trinajstić information content (AvgIpc) is 3.04. The number of nitrogens with one attached hydrogen (secondary N) is 1. The zero-order chi connectivity index (χ0) is 30.6. The molecule has 43 heavy (non-hydrogen) atoms. The third-order valence-electron chi connectivity index (χ3n) is 6.68. The number of halogens is 1. The number of hydrogen-bond acceptors (Lipinski definition) is 6. The molecule has 0 saturated carbocycles. The lowest BCUT2D eigenvalue weighted by molar-refractivity contribution is -0.141. The van der Waals surface area contributed by atoms with Crippen molar-refractivity contribution in [2.45, 2.75) is 19.4 Å². The number of hydrogen-bond donors (Lipinski definition) is 1. The molecular formula is C35H33ClN2O5. The van der Waals surface area contributed by atoms with Crippen LogP contribution < -0.4 is 15.0 Å². The number of rotatable bonds is 13. The van der Waals surface area contributed by atoms with Crippen LogP contribution >= 0.6 is 11.6 Å². The minimum absolute atomic E-state index is 0.143. The van der Waals surface area contributed by atoms with Crippen molar-refractivity contribution >= 4 is 40.6 Å². The highest BCUT2D eigenvalue weighted by Gasteiger charge is 2.23. The fourth-order valence-electron chi connectivity index (χ4n) is 4.51. The van der Waals surface area contributed by atoms with Crippen LogP contribution in [0.4, 0.5) is 11.4 Å². The molecule has 4 rings (SSSR count). The molecule has 0 spiro atoms. The lowest BCUT2D eigenvalue weighted by Gasteiger charge is -2.22. The molecular weight excluding hydrogens is 564 g/mol. The molecule has 0 aliphatic heterocycles. The highest BCUT2D eigenvalue weighted by molar-refractivity contribution is 6.30. The standard InChI is InChI=1S/C35H33ClN2O5/c1-3-9-33(39)38(28-18-16-27(36)17-19-28)22-23-43-29-20-14-25(15-21-29)24-32(35(41)42-2)37-31-13-8-7-12-30(31)34(40)26-10-5-4-6-11-26/h3-21,32,37H,22-24H2,1-2H3/t32-/m0/s1. The molecule has 7 nitrogen and oxygen atoms in total. The number of amides is 1. The highest BCUT2D eigenvalue weighted by Crippen LogP contribution is 2.23. The molecule has 8 heteroatoms. The summed E-state index contributed by atoms with van der Waals surface area (Å²) >= 11 is 6.01. The minimum atomic E-state index is -0.730. The smallest absolute Gasteiger partial charge is 0.328 e. The van der Waals surface area contributed by atoms with Crippen molar-refractivity contribution in [3.63, 3.8) is 0 Å². The lowest BCUT2D eigenvalue weighted by atomic mass is 10.00. The van der Waals surface area contributed by atoms with Gasteiger partial charge < -0.3 is 19.7 Å². The molecule has 0 aliphatic rings. The topological polar surface area (TPSA) is 84.9 Å². The zero-order valence-corrected chi connectivity index (χ0v) is 24.8. The maximum absolute atomic E-state index is 13.2. The number of anilines is 2. The summed E-state index contributed by atoms with van der Waals surface area (Å²) < 4.78 is 11.0. The first-order chi connectivity index (χ1) is 20.9. The maximum atomic E-state index is 13.2. The van der Waals surface area contributed by atoms with Gasteiger partial charge in [-0.15, -0.1) is 0 Å².